The van der Waals surface area contributed by atoms with Gasteiger partial charge in [0.15, 0.2) is 29.8 Å². The van der Waals surface area contributed by atoms with E-state index in [2.05, 4.69) is 44.1 Å². The van der Waals surface area contributed by atoms with Gasteiger partial charge < -0.3 is 55.6 Å². The van der Waals surface area contributed by atoms with Gasteiger partial charge in [0, 0.05) is 31.6 Å². The second-order valence-corrected chi connectivity index (χ2v) is 21.2. The lowest BCUT2D eigenvalue weighted by Crippen LogP contribution is -2.51. The zero-order valence-corrected chi connectivity index (χ0v) is 36.9. The Morgan fingerprint density at radius 1 is 0.891 bits per heavy atom. The number of hydrogen-bond acceptors (Lipinski definition) is 21. The van der Waals surface area contributed by atoms with Crippen molar-refractivity contribution in [1.29, 1.82) is 0 Å². The molecule has 5 saturated heterocycles. The first kappa shape index (κ1) is 45.4. The number of nitrogens with zero attached hydrogens (tertiary/aromatic N) is 5. The molecule has 4 aromatic heterocycles. The van der Waals surface area contributed by atoms with Crippen molar-refractivity contribution in [3.63, 3.8) is 0 Å². The topological polar surface area (TPSA) is 349 Å². The number of fused-ring (bicyclic) bond motifs is 5. The SMILES string of the molecule is [CH2-][C@H]1O[C@H](n2ccc(=O)[nH]c2=O)[C@H](OC)[C@H]1OP(=O)(S)OC[C@]12O[C@H](n3ccc(=O)[nH]c3=O)[C@H](O[C@H]1C)[C@H]2OP(O)(=S)OC[C@]12O[C@@H](n3cnc4c(=O)[nH]c(N)nc43)[C@H](O[C@H]1C)[C@H]2O. The maximum atomic E-state index is 14.1. The van der Waals surface area contributed by atoms with Gasteiger partial charge in [0.1, 0.15) is 41.7 Å². The highest BCUT2D eigenvalue weighted by Gasteiger charge is 2.70. The van der Waals surface area contributed by atoms with Crippen molar-refractivity contribution in [3.8, 4) is 0 Å². The average Bonchev–Trinajstić information content (AvgIpc) is 4.02. The van der Waals surface area contributed by atoms with Gasteiger partial charge in [-0.2, -0.15) is 4.98 Å². The van der Waals surface area contributed by atoms with Crippen LogP contribution in [0.3, 0.4) is 0 Å². The van der Waals surface area contributed by atoms with Crippen LogP contribution in [0.1, 0.15) is 32.5 Å². The second-order valence-electron chi connectivity index (χ2n) is 15.5. The smallest absolute Gasteiger partial charge is 0.386 e. The van der Waals surface area contributed by atoms with Gasteiger partial charge in [-0.25, -0.2) is 19.1 Å². The molecule has 64 heavy (non-hydrogen) atoms. The highest BCUT2D eigenvalue weighted by Crippen LogP contribution is 2.62. The summed E-state index contributed by atoms with van der Waals surface area (Å²) < 4.78 is 77.5. The minimum atomic E-state index is -4.53. The molecule has 5 aliphatic heterocycles. The molecule has 27 nitrogen and oxygen atoms in total. The molecule has 0 amide bonds. The number of aromatic amines is 3. The van der Waals surface area contributed by atoms with Crippen molar-refractivity contribution in [2.75, 3.05) is 26.1 Å². The maximum absolute atomic E-state index is 14.1. The summed E-state index contributed by atoms with van der Waals surface area (Å²) in [7, 11) is 1.27. The lowest BCUT2D eigenvalue weighted by Gasteiger charge is -2.38. The number of nitrogens with two attached hydrogens (primary N) is 1. The van der Waals surface area contributed by atoms with E-state index in [1.807, 2.05) is 0 Å². The minimum Gasteiger partial charge on any atom is -0.387 e. The zero-order chi connectivity index (χ0) is 45.8. The molecule has 16 atom stereocenters. The van der Waals surface area contributed by atoms with Gasteiger partial charge in [0.2, 0.25) is 5.95 Å². The van der Waals surface area contributed by atoms with E-state index < -0.39 is 140 Å². The third-order valence-electron chi connectivity index (χ3n) is 11.9. The fourth-order valence-corrected chi connectivity index (χ4v) is 11.6. The summed E-state index contributed by atoms with van der Waals surface area (Å²) in [5, 5.41) is 11.5. The third kappa shape index (κ3) is 7.53. The van der Waals surface area contributed by atoms with Gasteiger partial charge in [0.05, 0.1) is 37.9 Å². The number of aliphatic hydroxyl groups excluding tert-OH is 1. The van der Waals surface area contributed by atoms with Crippen molar-refractivity contribution < 1.29 is 61.1 Å². The molecule has 9 heterocycles. The van der Waals surface area contributed by atoms with E-state index in [0.29, 0.717) is 0 Å². The molecule has 348 valence electrons. The summed E-state index contributed by atoms with van der Waals surface area (Å²) in [6.45, 7) is -3.34. The second kappa shape index (κ2) is 16.2. The van der Waals surface area contributed by atoms with Gasteiger partial charge in [0.25, 0.3) is 16.7 Å². The molecular weight excluding hydrogens is 936 g/mol. The molecule has 0 aliphatic carbocycles. The Balaban J connectivity index is 0.959. The number of aromatic nitrogens is 8. The van der Waals surface area contributed by atoms with Crippen molar-refractivity contribution in [3.05, 3.63) is 89.8 Å². The Morgan fingerprint density at radius 3 is 2.14 bits per heavy atom. The molecule has 2 unspecified atom stereocenters. The van der Waals surface area contributed by atoms with Crippen LogP contribution in [-0.4, -0.2) is 135 Å². The summed E-state index contributed by atoms with van der Waals surface area (Å²) in [5.74, 6) is -0.191. The number of anilines is 1. The molecular formula is C33H40N9O18P2S2-. The number of methoxy groups -OCH3 is 1. The fourth-order valence-electron chi connectivity index (χ4n) is 8.69. The van der Waals surface area contributed by atoms with Crippen LogP contribution < -0.4 is 33.8 Å². The molecule has 0 spiro atoms. The average molecular weight is 977 g/mol. The number of rotatable bonds is 14. The molecule has 9 rings (SSSR count). The van der Waals surface area contributed by atoms with E-state index in [9.17, 15) is 38.5 Å². The molecule has 5 fully saturated rings. The van der Waals surface area contributed by atoms with Crippen LogP contribution in [0, 0.1) is 6.92 Å². The van der Waals surface area contributed by atoms with Crippen molar-refractivity contribution in [1.82, 2.24) is 38.6 Å². The number of aliphatic hydroxyl groups is 1. The van der Waals surface area contributed by atoms with E-state index in [1.54, 1.807) is 6.92 Å². The van der Waals surface area contributed by atoms with Crippen LogP contribution >= 0.6 is 25.8 Å². The summed E-state index contributed by atoms with van der Waals surface area (Å²) in [5.41, 5.74) is -1.47. The Kier molecular flexibility index (Phi) is 11.5. The monoisotopic (exact) mass is 976 g/mol. The van der Waals surface area contributed by atoms with Gasteiger partial charge in [-0.3, -0.25) is 56.6 Å². The van der Waals surface area contributed by atoms with Crippen molar-refractivity contribution >= 4 is 54.7 Å². The lowest BCUT2D eigenvalue weighted by atomic mass is 9.94. The first-order valence-corrected chi connectivity index (χ1v) is 24.5. The molecule has 4 aromatic rings. The minimum absolute atomic E-state index is 0.0488. The van der Waals surface area contributed by atoms with Crippen LogP contribution in [0.2, 0.25) is 0 Å². The quantitative estimate of drug-likeness (QED) is 0.0411. The van der Waals surface area contributed by atoms with Crippen molar-refractivity contribution in [2.24, 2.45) is 0 Å². The number of H-pyrrole nitrogens is 3. The lowest BCUT2D eigenvalue weighted by molar-refractivity contribution is -0.217. The van der Waals surface area contributed by atoms with Gasteiger partial charge in [-0.15, -0.1) is 0 Å². The normalized spacial score (nSPS) is 37.4. The van der Waals surface area contributed by atoms with Crippen LogP contribution in [-0.2, 0) is 62.9 Å². The predicted molar refractivity (Wildman–Crippen MR) is 220 cm³/mol. The zero-order valence-electron chi connectivity index (χ0n) is 33.4. The Bertz CT molecular complexity index is 2890. The van der Waals surface area contributed by atoms with E-state index >= 15 is 0 Å². The first-order valence-electron chi connectivity index (χ1n) is 19.2. The Morgan fingerprint density at radius 2 is 1.48 bits per heavy atom. The molecule has 0 aromatic carbocycles. The van der Waals surface area contributed by atoms with E-state index in [-0.39, 0.29) is 17.1 Å². The number of thiol groups is 1. The highest BCUT2D eigenvalue weighted by molar-refractivity contribution is 8.44. The van der Waals surface area contributed by atoms with Gasteiger partial charge >= 0.3 is 24.9 Å². The number of hydrogen-bond donors (Lipinski definition) is 7. The van der Waals surface area contributed by atoms with E-state index in [0.717, 1.165) is 27.5 Å². The van der Waals surface area contributed by atoms with Crippen molar-refractivity contribution in [2.45, 2.75) is 98.7 Å². The number of nitrogens with one attached hydrogen (secondary N) is 3. The molecule has 0 radical (unpaired) electrons. The van der Waals surface area contributed by atoms with Crippen LogP contribution in [0.25, 0.3) is 11.2 Å². The fraction of sp³-hybridized carbons (Fsp3) is 0.576. The molecule has 0 saturated carbocycles. The summed E-state index contributed by atoms with van der Waals surface area (Å²) in [4.78, 5) is 88.3. The largest absolute Gasteiger partial charge is 0.387 e. The number of imidazole rings is 1. The van der Waals surface area contributed by atoms with E-state index in [1.165, 1.54) is 31.1 Å². The third-order valence-corrected chi connectivity index (χ3v) is 15.0. The van der Waals surface area contributed by atoms with E-state index in [4.69, 9.17) is 64.1 Å². The van der Waals surface area contributed by atoms with Crippen LogP contribution in [0.5, 0.6) is 0 Å². The van der Waals surface area contributed by atoms with Gasteiger partial charge in [-0.05, 0) is 31.8 Å². The van der Waals surface area contributed by atoms with Gasteiger partial charge in [-0.1, -0.05) is 12.2 Å². The van der Waals surface area contributed by atoms with Crippen LogP contribution in [0.4, 0.5) is 5.95 Å². The molecule has 4 bridgehead atoms. The number of nitrogen functional groups attached to an aromatic ring is 1. The first-order chi connectivity index (χ1) is 30.2. The highest BCUT2D eigenvalue weighted by atomic mass is 32.7. The maximum Gasteiger partial charge on any atom is 0.386 e. The number of ether oxygens (including phenoxy) is 6. The predicted octanol–water partition coefficient (Wildman–Crippen LogP) is -1.92. The molecule has 7 N–H and O–H groups in total. The Hall–Kier alpha value is -3.74. The summed E-state index contributed by atoms with van der Waals surface area (Å²) >= 11 is 9.71. The summed E-state index contributed by atoms with van der Waals surface area (Å²) in [6, 6.07) is 2.14. The molecule has 31 heteroatoms. The van der Waals surface area contributed by atoms with Crippen LogP contribution in [0.15, 0.2) is 54.8 Å². The Labute approximate surface area is 367 Å². The standard InChI is InChI=1S/C33H40N9O18P2S2/c1-12-18(19(51-4)26(54-12)40-7-5-15(43)36-30(40)47)59-61(49,63)53-10-33-14(3)56-21(28(58-33)41-8-6-16(44)37-31(41)48)23(33)60-62(50,64)52-9-32-13(2)55-20(22(32)45)27(57-32)42-11-35-17-24(42)38-29(34)39-25(17)46/h5-8,11-14,18-23,26-28,45H,1,9-10H2,2-4H3,(H,49,63)(H,50,64)(H,36,43,47)(H,37,44,48)(H3,34,38,39,46)/q-1/t12-,13+,14+,18+,19-,20-,21-,22-,23-,26+,27-,28+,32+,33+,61?,62?/m1/s1. The molecule has 5 aliphatic rings. The summed E-state index contributed by atoms with van der Waals surface area (Å²) in [6.07, 6.45) is -10.6.